The third-order valence-electron chi connectivity index (χ3n) is 4.86. The summed E-state index contributed by atoms with van der Waals surface area (Å²) in [7, 11) is -2.77. The fourth-order valence-corrected chi connectivity index (χ4v) is 5.86. The molecule has 7 heteroatoms. The second kappa shape index (κ2) is 6.65. The lowest BCUT2D eigenvalue weighted by Crippen LogP contribution is -3.29. The van der Waals surface area contributed by atoms with Gasteiger partial charge in [-0.1, -0.05) is 29.3 Å². The lowest BCUT2D eigenvalue weighted by Gasteiger charge is -2.32. The number of nitrogens with one attached hydrogen (secondary N) is 2. The van der Waals surface area contributed by atoms with Crippen LogP contribution in [0.15, 0.2) is 18.2 Å². The molecule has 3 rings (SSSR count). The number of benzene rings is 1. The molecule has 4 nitrogen and oxygen atoms in total. The molecular formula is C15H22Cl2N2O2S+2. The van der Waals surface area contributed by atoms with E-state index in [-0.39, 0.29) is 0 Å². The number of sulfone groups is 1. The normalized spacial score (nSPS) is 31.3. The Morgan fingerprint density at radius 1 is 1.14 bits per heavy atom. The molecule has 2 aliphatic rings. The molecular weight excluding hydrogens is 343 g/mol. The monoisotopic (exact) mass is 364 g/mol. The Hall–Kier alpha value is -0.330. The Bertz CT molecular complexity index is 643. The second-order valence-corrected chi connectivity index (χ2v) is 9.49. The van der Waals surface area contributed by atoms with E-state index in [0.29, 0.717) is 22.6 Å². The van der Waals surface area contributed by atoms with Crippen LogP contribution in [-0.4, -0.2) is 52.1 Å². The summed E-state index contributed by atoms with van der Waals surface area (Å²) in [5.74, 6) is 0.749. The summed E-state index contributed by atoms with van der Waals surface area (Å²) in [6.45, 7) is 5.11. The van der Waals surface area contributed by atoms with E-state index in [0.717, 1.165) is 49.7 Å². The van der Waals surface area contributed by atoms with Crippen LogP contribution in [-0.2, 0) is 16.4 Å². The van der Waals surface area contributed by atoms with Crippen LogP contribution in [0.25, 0.3) is 0 Å². The van der Waals surface area contributed by atoms with E-state index in [9.17, 15) is 8.42 Å². The first-order valence-electron chi connectivity index (χ1n) is 7.75. The van der Waals surface area contributed by atoms with E-state index in [4.69, 9.17) is 23.2 Å². The van der Waals surface area contributed by atoms with Crippen LogP contribution in [0.2, 0.25) is 10.0 Å². The van der Waals surface area contributed by atoms with E-state index in [1.54, 1.807) is 6.07 Å². The van der Waals surface area contributed by atoms with E-state index in [1.807, 2.05) is 12.1 Å². The summed E-state index contributed by atoms with van der Waals surface area (Å²) in [6, 6.07) is 5.99. The maximum atomic E-state index is 11.6. The topological polar surface area (TPSA) is 43.0 Å². The van der Waals surface area contributed by atoms with Gasteiger partial charge >= 0.3 is 0 Å². The molecule has 0 bridgehead atoms. The van der Waals surface area contributed by atoms with Crippen LogP contribution >= 0.6 is 23.2 Å². The maximum Gasteiger partial charge on any atom is 0.156 e. The highest BCUT2D eigenvalue weighted by molar-refractivity contribution is 7.91. The van der Waals surface area contributed by atoms with Crippen molar-refractivity contribution in [1.82, 2.24) is 0 Å². The van der Waals surface area contributed by atoms with Crippen LogP contribution in [0, 0.1) is 0 Å². The van der Waals surface area contributed by atoms with E-state index < -0.39 is 9.84 Å². The molecule has 2 aliphatic heterocycles. The van der Waals surface area contributed by atoms with Crippen molar-refractivity contribution in [2.24, 2.45) is 0 Å². The molecule has 2 saturated heterocycles. The van der Waals surface area contributed by atoms with Gasteiger partial charge in [0, 0.05) is 17.0 Å². The Labute approximate surface area is 141 Å². The predicted molar refractivity (Wildman–Crippen MR) is 88.6 cm³/mol. The van der Waals surface area contributed by atoms with Crippen molar-refractivity contribution in [3.63, 3.8) is 0 Å². The number of hydrogen-bond acceptors (Lipinski definition) is 2. The first-order valence-corrected chi connectivity index (χ1v) is 10.3. The standard InChI is InChI=1S/C15H20Cl2N2O2S/c16-13-2-1-12(15(17)9-13)10-18-4-6-19(7-5-18)14-3-8-22(20,21)11-14/h1-2,9,14H,3-8,10-11H2/p+2/t14-/m1/s1. The first-order chi connectivity index (χ1) is 10.4. The predicted octanol–water partition coefficient (Wildman–Crippen LogP) is -0.536. The van der Waals surface area contributed by atoms with Gasteiger partial charge in [0.1, 0.15) is 44.5 Å². The van der Waals surface area contributed by atoms with E-state index in [1.165, 1.54) is 9.80 Å². The van der Waals surface area contributed by atoms with Crippen LogP contribution in [0.4, 0.5) is 0 Å². The molecule has 1 atom stereocenters. The number of piperazine rings is 1. The zero-order valence-corrected chi connectivity index (χ0v) is 14.8. The zero-order chi connectivity index (χ0) is 15.7. The van der Waals surface area contributed by atoms with Crippen LogP contribution in [0.3, 0.4) is 0 Å². The molecule has 2 N–H and O–H groups in total. The Morgan fingerprint density at radius 2 is 1.86 bits per heavy atom. The fraction of sp³-hybridized carbons (Fsp3) is 0.600. The number of rotatable bonds is 3. The van der Waals surface area contributed by atoms with E-state index in [2.05, 4.69) is 0 Å². The number of halogens is 2. The minimum Gasteiger partial charge on any atom is -0.322 e. The molecule has 122 valence electrons. The molecule has 1 aromatic rings. The smallest absolute Gasteiger partial charge is 0.156 e. The minimum atomic E-state index is -2.77. The van der Waals surface area contributed by atoms with Gasteiger partial charge < -0.3 is 9.80 Å². The minimum absolute atomic E-state index is 0.311. The van der Waals surface area contributed by atoms with Gasteiger partial charge in [0.15, 0.2) is 9.84 Å². The summed E-state index contributed by atoms with van der Waals surface area (Å²) < 4.78 is 23.2. The summed E-state index contributed by atoms with van der Waals surface area (Å²) >= 11 is 12.2. The van der Waals surface area contributed by atoms with Gasteiger partial charge in [0.05, 0.1) is 10.8 Å². The van der Waals surface area contributed by atoms with Gasteiger partial charge in [-0.3, -0.25) is 0 Å². The van der Waals surface area contributed by atoms with Crippen LogP contribution in [0.5, 0.6) is 0 Å². The average molecular weight is 365 g/mol. The lowest BCUT2D eigenvalue weighted by atomic mass is 10.1. The summed E-state index contributed by atoms with van der Waals surface area (Å²) in [5, 5.41) is 1.40. The molecule has 0 aliphatic carbocycles. The SMILES string of the molecule is O=S1(=O)CC[C@@H]([NH+]2CC[NH+](Cc3ccc(Cl)cc3Cl)CC2)C1. The molecule has 2 heterocycles. The van der Waals surface area contributed by atoms with Crippen molar-refractivity contribution in [3.05, 3.63) is 33.8 Å². The summed E-state index contributed by atoms with van der Waals surface area (Å²) in [6.07, 6.45) is 0.829. The van der Waals surface area contributed by atoms with Crippen molar-refractivity contribution >= 4 is 33.0 Å². The maximum absolute atomic E-state index is 11.6. The van der Waals surface area contributed by atoms with Crippen LogP contribution in [0.1, 0.15) is 12.0 Å². The van der Waals surface area contributed by atoms with Gasteiger partial charge in [0.2, 0.25) is 0 Å². The van der Waals surface area contributed by atoms with Crippen molar-refractivity contribution in [1.29, 1.82) is 0 Å². The quantitative estimate of drug-likeness (QED) is 0.756. The van der Waals surface area contributed by atoms with Gasteiger partial charge in [-0.15, -0.1) is 0 Å². The van der Waals surface area contributed by atoms with Crippen LogP contribution < -0.4 is 9.80 Å². The molecule has 0 unspecified atom stereocenters. The molecule has 2 fully saturated rings. The molecule has 0 amide bonds. The number of quaternary nitrogens is 2. The molecule has 22 heavy (non-hydrogen) atoms. The highest BCUT2D eigenvalue weighted by atomic mass is 35.5. The number of hydrogen-bond donors (Lipinski definition) is 2. The molecule has 1 aromatic carbocycles. The zero-order valence-electron chi connectivity index (χ0n) is 12.4. The Kier molecular flexibility index (Phi) is 5.00. The third kappa shape index (κ3) is 3.95. The molecule has 0 saturated carbocycles. The average Bonchev–Trinajstić information content (AvgIpc) is 2.83. The van der Waals surface area contributed by atoms with Gasteiger partial charge in [-0.25, -0.2) is 8.42 Å². The summed E-state index contributed by atoms with van der Waals surface area (Å²) in [5.41, 5.74) is 1.13. The Balaban J connectivity index is 1.54. The molecule has 0 aromatic heterocycles. The van der Waals surface area contributed by atoms with Gasteiger partial charge in [0.25, 0.3) is 0 Å². The first kappa shape index (κ1) is 16.5. The van der Waals surface area contributed by atoms with Crippen molar-refractivity contribution in [2.45, 2.75) is 19.0 Å². The lowest BCUT2D eigenvalue weighted by molar-refractivity contribution is -1.03. The van der Waals surface area contributed by atoms with Gasteiger partial charge in [-0.2, -0.15) is 0 Å². The van der Waals surface area contributed by atoms with Crippen molar-refractivity contribution in [2.75, 3.05) is 37.7 Å². The van der Waals surface area contributed by atoms with Gasteiger partial charge in [-0.05, 0) is 12.1 Å². The summed E-state index contributed by atoms with van der Waals surface area (Å²) in [4.78, 5) is 2.97. The highest BCUT2D eigenvalue weighted by Crippen LogP contribution is 2.20. The largest absolute Gasteiger partial charge is 0.322 e. The third-order valence-corrected chi connectivity index (χ3v) is 7.22. The van der Waals surface area contributed by atoms with Crippen molar-refractivity contribution < 1.29 is 18.2 Å². The highest BCUT2D eigenvalue weighted by Gasteiger charge is 2.37. The Morgan fingerprint density at radius 3 is 2.45 bits per heavy atom. The fourth-order valence-electron chi connectivity index (χ4n) is 3.56. The molecule has 0 radical (unpaired) electrons. The second-order valence-electron chi connectivity index (χ2n) is 6.42. The van der Waals surface area contributed by atoms with Crippen molar-refractivity contribution in [3.8, 4) is 0 Å². The van der Waals surface area contributed by atoms with E-state index >= 15 is 0 Å². The molecule has 0 spiro atoms.